The second kappa shape index (κ2) is 11.8. The number of carbonyl (C=O) groups is 4. The van der Waals surface area contributed by atoms with E-state index in [0.717, 1.165) is 6.08 Å². The Bertz CT molecular complexity index is 774. The molecule has 1 aliphatic rings. The topological polar surface area (TPSA) is 136 Å². The Morgan fingerprint density at radius 1 is 1.03 bits per heavy atom. The molecule has 1 aliphatic carbocycles. The van der Waals surface area contributed by atoms with Crippen molar-refractivity contribution >= 4 is 23.9 Å². The summed E-state index contributed by atoms with van der Waals surface area (Å²) in [7, 11) is 1.26. The summed E-state index contributed by atoms with van der Waals surface area (Å²) in [5, 5.41) is 20.4. The summed E-state index contributed by atoms with van der Waals surface area (Å²) in [5.74, 6) is -2.89. The second-order valence-electron chi connectivity index (χ2n) is 10.5. The van der Waals surface area contributed by atoms with E-state index in [0.29, 0.717) is 25.7 Å². The molecule has 5 unspecified atom stereocenters. The van der Waals surface area contributed by atoms with Crippen LogP contribution in [-0.2, 0) is 33.4 Å². The molecule has 0 aromatic carbocycles. The molecule has 34 heavy (non-hydrogen) atoms. The van der Waals surface area contributed by atoms with E-state index in [9.17, 15) is 29.4 Å². The summed E-state index contributed by atoms with van der Waals surface area (Å²) < 4.78 is 15.6. The Labute approximate surface area is 201 Å². The largest absolute Gasteiger partial charge is 0.481 e. The third-order valence-corrected chi connectivity index (χ3v) is 6.89. The fraction of sp³-hybridized carbons (Fsp3) is 0.760. The van der Waals surface area contributed by atoms with E-state index >= 15 is 0 Å². The number of aliphatic hydroxyl groups is 1. The van der Waals surface area contributed by atoms with Crippen LogP contribution in [0.5, 0.6) is 0 Å². The summed E-state index contributed by atoms with van der Waals surface area (Å²) in [6.45, 7) is 11.6. The Kier molecular flexibility index (Phi) is 10.3. The third-order valence-electron chi connectivity index (χ3n) is 6.89. The molecule has 1 fully saturated rings. The van der Waals surface area contributed by atoms with E-state index in [1.54, 1.807) is 27.7 Å². The Balaban J connectivity index is 2.96. The van der Waals surface area contributed by atoms with Gasteiger partial charge in [-0.1, -0.05) is 13.5 Å². The van der Waals surface area contributed by atoms with Gasteiger partial charge >= 0.3 is 23.9 Å². The summed E-state index contributed by atoms with van der Waals surface area (Å²) in [6, 6.07) is 0. The molecule has 0 aromatic rings. The van der Waals surface area contributed by atoms with Crippen molar-refractivity contribution in [1.29, 1.82) is 0 Å². The van der Waals surface area contributed by atoms with Crippen molar-refractivity contribution in [3.8, 4) is 0 Å². The van der Waals surface area contributed by atoms with Crippen LogP contribution in [0.15, 0.2) is 12.7 Å². The summed E-state index contributed by atoms with van der Waals surface area (Å²) in [5.41, 5.74) is -3.65. The Hall–Kier alpha value is -2.42. The highest BCUT2D eigenvalue weighted by Crippen LogP contribution is 2.45. The van der Waals surface area contributed by atoms with Crippen LogP contribution in [0.3, 0.4) is 0 Å². The minimum atomic E-state index is -1.41. The van der Waals surface area contributed by atoms with Crippen molar-refractivity contribution in [2.45, 2.75) is 85.4 Å². The van der Waals surface area contributed by atoms with E-state index in [4.69, 9.17) is 14.2 Å². The van der Waals surface area contributed by atoms with Gasteiger partial charge in [0.05, 0.1) is 36.1 Å². The molecule has 0 bridgehead atoms. The van der Waals surface area contributed by atoms with Gasteiger partial charge in [0.15, 0.2) is 0 Å². The smallest absolute Gasteiger partial charge is 0.330 e. The molecule has 9 nitrogen and oxygen atoms in total. The van der Waals surface area contributed by atoms with Crippen LogP contribution in [0.4, 0.5) is 0 Å². The minimum Gasteiger partial charge on any atom is -0.481 e. The maximum atomic E-state index is 13.1. The van der Waals surface area contributed by atoms with E-state index in [1.165, 1.54) is 14.0 Å². The summed E-state index contributed by atoms with van der Waals surface area (Å²) in [6.07, 6.45) is 1.01. The van der Waals surface area contributed by atoms with E-state index in [2.05, 4.69) is 6.58 Å². The molecule has 0 heterocycles. The quantitative estimate of drug-likeness (QED) is 0.243. The molecule has 1 saturated carbocycles. The van der Waals surface area contributed by atoms with E-state index < -0.39 is 52.3 Å². The molecule has 9 heteroatoms. The summed E-state index contributed by atoms with van der Waals surface area (Å²) in [4.78, 5) is 49.0. The molecule has 0 aromatic heterocycles. The number of ether oxygens (including phenoxy) is 3. The number of aliphatic carboxylic acids is 1. The van der Waals surface area contributed by atoms with Gasteiger partial charge in [-0.3, -0.25) is 14.4 Å². The average molecular weight is 485 g/mol. The first kappa shape index (κ1) is 29.6. The number of aliphatic hydroxyl groups excluding tert-OH is 1. The fourth-order valence-electron chi connectivity index (χ4n) is 4.74. The average Bonchev–Trinajstić information content (AvgIpc) is 2.77. The minimum absolute atomic E-state index is 0.0159. The molecule has 1 rings (SSSR count). The fourth-order valence-corrected chi connectivity index (χ4v) is 4.74. The predicted molar refractivity (Wildman–Crippen MR) is 124 cm³/mol. The zero-order valence-corrected chi connectivity index (χ0v) is 21.2. The maximum Gasteiger partial charge on any atom is 0.330 e. The molecular formula is C25H40O9. The van der Waals surface area contributed by atoms with Gasteiger partial charge in [0.25, 0.3) is 0 Å². The van der Waals surface area contributed by atoms with Gasteiger partial charge in [-0.25, -0.2) is 4.79 Å². The molecule has 0 spiro atoms. The van der Waals surface area contributed by atoms with Crippen molar-refractivity contribution in [2.75, 3.05) is 13.7 Å². The number of carboxylic acid groups (broad SMARTS) is 1. The van der Waals surface area contributed by atoms with Crippen molar-refractivity contribution in [3.05, 3.63) is 12.7 Å². The first-order chi connectivity index (χ1) is 15.6. The molecule has 0 amide bonds. The van der Waals surface area contributed by atoms with Gasteiger partial charge in [-0.15, -0.1) is 0 Å². The Morgan fingerprint density at radius 2 is 1.65 bits per heavy atom. The molecule has 0 radical (unpaired) electrons. The standard InChI is InChI=1S/C25H40O9/c1-8-19(27)33-13-16-10-11-17(26)18(12-16)34-21(30)23(3,4)14-25(6,20(28)29)15-24(5,9-2)22(31)32-7/h8,16-18,26H,1,9-15H2,2-7H3,(H,28,29). The van der Waals surface area contributed by atoms with Crippen molar-refractivity contribution in [1.82, 2.24) is 0 Å². The Morgan fingerprint density at radius 3 is 2.15 bits per heavy atom. The van der Waals surface area contributed by atoms with Gasteiger partial charge < -0.3 is 24.4 Å². The number of carboxylic acids is 1. The maximum absolute atomic E-state index is 13.1. The van der Waals surface area contributed by atoms with Crippen molar-refractivity contribution < 1.29 is 43.6 Å². The van der Waals surface area contributed by atoms with Gasteiger partial charge in [-0.2, -0.15) is 0 Å². The van der Waals surface area contributed by atoms with Gasteiger partial charge in [0.1, 0.15) is 6.10 Å². The SMILES string of the molecule is C=CC(=O)OCC1CCC(O)C(OC(=O)C(C)(C)CC(C)(CC(C)(CC)C(=O)OC)C(=O)O)C1. The highest BCUT2D eigenvalue weighted by molar-refractivity contribution is 5.82. The van der Waals surface area contributed by atoms with Gasteiger partial charge in [0.2, 0.25) is 0 Å². The number of esters is 3. The van der Waals surface area contributed by atoms with Crippen molar-refractivity contribution in [2.24, 2.45) is 22.2 Å². The van der Waals surface area contributed by atoms with Crippen LogP contribution >= 0.6 is 0 Å². The number of methoxy groups -OCH3 is 1. The molecule has 5 atom stereocenters. The second-order valence-corrected chi connectivity index (χ2v) is 10.5. The van der Waals surface area contributed by atoms with E-state index in [1.807, 2.05) is 0 Å². The number of rotatable bonds is 12. The van der Waals surface area contributed by atoms with Crippen LogP contribution in [0.25, 0.3) is 0 Å². The lowest BCUT2D eigenvalue weighted by Gasteiger charge is -2.39. The first-order valence-electron chi connectivity index (χ1n) is 11.6. The molecular weight excluding hydrogens is 444 g/mol. The highest BCUT2D eigenvalue weighted by Gasteiger charge is 2.49. The highest BCUT2D eigenvalue weighted by atomic mass is 16.6. The van der Waals surface area contributed by atoms with Gasteiger partial charge in [0, 0.05) is 6.08 Å². The summed E-state index contributed by atoms with van der Waals surface area (Å²) >= 11 is 0. The van der Waals surface area contributed by atoms with Crippen LogP contribution in [0, 0.1) is 22.2 Å². The van der Waals surface area contributed by atoms with Crippen LogP contribution in [0.2, 0.25) is 0 Å². The molecule has 0 aliphatic heterocycles. The molecule has 0 saturated heterocycles. The lowest BCUT2D eigenvalue weighted by molar-refractivity contribution is -0.175. The zero-order valence-electron chi connectivity index (χ0n) is 21.2. The normalized spacial score (nSPS) is 24.1. The number of hydrogen-bond acceptors (Lipinski definition) is 8. The van der Waals surface area contributed by atoms with Crippen LogP contribution < -0.4 is 0 Å². The van der Waals surface area contributed by atoms with Crippen LogP contribution in [0.1, 0.15) is 73.1 Å². The third kappa shape index (κ3) is 7.55. The molecule has 194 valence electrons. The zero-order chi connectivity index (χ0) is 26.3. The van der Waals surface area contributed by atoms with Crippen LogP contribution in [-0.4, -0.2) is 60.0 Å². The lowest BCUT2D eigenvalue weighted by Crippen LogP contribution is -2.45. The van der Waals surface area contributed by atoms with E-state index in [-0.39, 0.29) is 25.4 Å². The van der Waals surface area contributed by atoms with Crippen molar-refractivity contribution in [3.63, 3.8) is 0 Å². The predicted octanol–water partition coefficient (Wildman–Crippen LogP) is 3.28. The number of hydrogen-bond donors (Lipinski definition) is 2. The molecule has 2 N–H and O–H groups in total. The van der Waals surface area contributed by atoms with Gasteiger partial charge in [-0.05, 0) is 72.1 Å². The lowest BCUT2D eigenvalue weighted by atomic mass is 9.65. The first-order valence-corrected chi connectivity index (χ1v) is 11.6. The monoisotopic (exact) mass is 484 g/mol. The number of carbonyl (C=O) groups excluding carboxylic acids is 3.